The first-order chi connectivity index (χ1) is 10.2. The van der Waals surface area contributed by atoms with Crippen molar-refractivity contribution in [3.63, 3.8) is 0 Å². The van der Waals surface area contributed by atoms with E-state index in [1.54, 1.807) is 0 Å². The lowest BCUT2D eigenvalue weighted by Gasteiger charge is -2.35. The van der Waals surface area contributed by atoms with Crippen LogP contribution in [0.3, 0.4) is 0 Å². The van der Waals surface area contributed by atoms with Gasteiger partial charge in [0.25, 0.3) is 0 Å². The van der Waals surface area contributed by atoms with Crippen molar-refractivity contribution < 1.29 is 5.11 Å². The highest BCUT2D eigenvalue weighted by Crippen LogP contribution is 2.53. The molecular weight excluding hydrogens is 256 g/mol. The van der Waals surface area contributed by atoms with Gasteiger partial charge in [-0.1, -0.05) is 48.5 Å². The minimum Gasteiger partial charge on any atom is -0.385 e. The molecule has 108 valence electrons. The van der Waals surface area contributed by atoms with Crippen molar-refractivity contribution in [2.24, 2.45) is 11.8 Å². The molecule has 0 amide bonds. The maximum atomic E-state index is 11.7. The zero-order valence-electron chi connectivity index (χ0n) is 12.5. The standard InChI is InChI=1S/C20H22O/c1-14-6-2-5-9-19(14)20(21)17-10-11-18(20)13-16-8-4-3-7-15(16)12-17/h2-9,17-18,21H,10-13H2,1H3. The lowest BCUT2D eigenvalue weighted by atomic mass is 9.75. The van der Waals surface area contributed by atoms with E-state index < -0.39 is 5.60 Å². The summed E-state index contributed by atoms with van der Waals surface area (Å²) in [5.74, 6) is 0.708. The van der Waals surface area contributed by atoms with E-state index in [-0.39, 0.29) is 0 Å². The third-order valence-electron chi connectivity index (χ3n) is 5.74. The number of hydrogen-bond acceptors (Lipinski definition) is 1. The third kappa shape index (κ3) is 1.87. The molecule has 2 aliphatic rings. The predicted molar refractivity (Wildman–Crippen MR) is 85.1 cm³/mol. The van der Waals surface area contributed by atoms with Gasteiger partial charge in [-0.15, -0.1) is 0 Å². The molecule has 0 heterocycles. The Morgan fingerprint density at radius 3 is 1.95 bits per heavy atom. The average molecular weight is 278 g/mol. The van der Waals surface area contributed by atoms with Gasteiger partial charge >= 0.3 is 0 Å². The van der Waals surface area contributed by atoms with Crippen LogP contribution in [0.15, 0.2) is 48.5 Å². The fraction of sp³-hybridized carbons (Fsp3) is 0.400. The van der Waals surface area contributed by atoms with Crippen LogP contribution in [0, 0.1) is 18.8 Å². The topological polar surface area (TPSA) is 20.2 Å². The van der Waals surface area contributed by atoms with E-state index in [4.69, 9.17) is 0 Å². The van der Waals surface area contributed by atoms with Gasteiger partial charge in [0.1, 0.15) is 0 Å². The molecular formula is C20H22O. The van der Waals surface area contributed by atoms with Crippen LogP contribution in [-0.2, 0) is 18.4 Å². The van der Waals surface area contributed by atoms with E-state index in [0.717, 1.165) is 31.2 Å². The lowest BCUT2D eigenvalue weighted by molar-refractivity contribution is -0.0400. The molecule has 1 saturated carbocycles. The molecule has 0 aliphatic heterocycles. The van der Waals surface area contributed by atoms with E-state index in [2.05, 4.69) is 55.5 Å². The zero-order valence-corrected chi connectivity index (χ0v) is 12.5. The van der Waals surface area contributed by atoms with Crippen molar-refractivity contribution in [1.29, 1.82) is 0 Å². The van der Waals surface area contributed by atoms with Crippen LogP contribution in [0.2, 0.25) is 0 Å². The van der Waals surface area contributed by atoms with Crippen LogP contribution < -0.4 is 0 Å². The van der Waals surface area contributed by atoms with Crippen LogP contribution in [0.1, 0.15) is 35.1 Å². The van der Waals surface area contributed by atoms with Gasteiger partial charge in [-0.2, -0.15) is 0 Å². The molecule has 21 heavy (non-hydrogen) atoms. The summed E-state index contributed by atoms with van der Waals surface area (Å²) in [7, 11) is 0. The smallest absolute Gasteiger partial charge is 0.0961 e. The second-order valence-electron chi connectivity index (χ2n) is 6.79. The quantitative estimate of drug-likeness (QED) is 0.835. The second kappa shape index (κ2) is 4.71. The summed E-state index contributed by atoms with van der Waals surface area (Å²) in [6.45, 7) is 2.13. The van der Waals surface area contributed by atoms with Gasteiger partial charge in [-0.25, -0.2) is 0 Å². The maximum Gasteiger partial charge on any atom is 0.0961 e. The first-order valence-electron chi connectivity index (χ1n) is 8.05. The third-order valence-corrected chi connectivity index (χ3v) is 5.74. The molecule has 1 fully saturated rings. The van der Waals surface area contributed by atoms with Crippen molar-refractivity contribution in [1.82, 2.24) is 0 Å². The summed E-state index contributed by atoms with van der Waals surface area (Å²) in [5.41, 5.74) is 4.62. The SMILES string of the molecule is Cc1ccccc1C1(O)C2CCC1Cc1ccccc1C2. The minimum absolute atomic E-state index is 0.354. The number of fused-ring (bicyclic) bond motifs is 3. The van der Waals surface area contributed by atoms with E-state index >= 15 is 0 Å². The van der Waals surface area contributed by atoms with Crippen LogP contribution in [0.25, 0.3) is 0 Å². The molecule has 2 atom stereocenters. The van der Waals surface area contributed by atoms with Gasteiger partial charge in [0.2, 0.25) is 0 Å². The van der Waals surface area contributed by atoms with Gasteiger partial charge in [0.05, 0.1) is 5.60 Å². The highest BCUT2D eigenvalue weighted by Gasteiger charge is 2.51. The zero-order chi connectivity index (χ0) is 14.4. The van der Waals surface area contributed by atoms with Gasteiger partial charge in [-0.3, -0.25) is 0 Å². The Kier molecular flexibility index (Phi) is 2.93. The fourth-order valence-electron chi connectivity index (χ4n) is 4.64. The van der Waals surface area contributed by atoms with Crippen LogP contribution in [-0.4, -0.2) is 5.11 Å². The predicted octanol–water partition coefficient (Wildman–Crippen LogP) is 4.01. The number of aliphatic hydroxyl groups is 1. The Morgan fingerprint density at radius 2 is 1.38 bits per heavy atom. The molecule has 1 N–H and O–H groups in total. The Labute approximate surface area is 126 Å². The molecule has 0 spiro atoms. The molecule has 2 aromatic rings. The van der Waals surface area contributed by atoms with Gasteiger partial charge < -0.3 is 5.11 Å². The normalized spacial score (nSPS) is 30.8. The highest BCUT2D eigenvalue weighted by atomic mass is 16.3. The van der Waals surface area contributed by atoms with Crippen LogP contribution in [0.5, 0.6) is 0 Å². The Balaban J connectivity index is 1.84. The fourth-order valence-corrected chi connectivity index (χ4v) is 4.64. The maximum absolute atomic E-state index is 11.7. The molecule has 0 radical (unpaired) electrons. The molecule has 2 aliphatic carbocycles. The van der Waals surface area contributed by atoms with Gasteiger partial charge in [0, 0.05) is 0 Å². The first kappa shape index (κ1) is 13.1. The summed E-state index contributed by atoms with van der Waals surface area (Å²) < 4.78 is 0. The Morgan fingerprint density at radius 1 is 0.857 bits per heavy atom. The summed E-state index contributed by atoms with van der Waals surface area (Å²) in [6, 6.07) is 17.1. The van der Waals surface area contributed by atoms with Gasteiger partial charge in [0.15, 0.2) is 0 Å². The van der Waals surface area contributed by atoms with Crippen molar-refractivity contribution in [3.8, 4) is 0 Å². The Bertz CT molecular complexity index is 640. The largest absolute Gasteiger partial charge is 0.385 e. The average Bonchev–Trinajstić information content (AvgIpc) is 2.71. The lowest BCUT2D eigenvalue weighted by Crippen LogP contribution is -2.38. The summed E-state index contributed by atoms with van der Waals surface area (Å²) in [5, 5.41) is 11.7. The highest BCUT2D eigenvalue weighted by molar-refractivity contribution is 5.38. The number of hydrogen-bond donors (Lipinski definition) is 1. The molecule has 4 rings (SSSR count). The van der Waals surface area contributed by atoms with Crippen molar-refractivity contribution >= 4 is 0 Å². The molecule has 2 unspecified atom stereocenters. The number of benzene rings is 2. The van der Waals surface area contributed by atoms with Crippen molar-refractivity contribution in [2.45, 2.75) is 38.2 Å². The molecule has 1 nitrogen and oxygen atoms in total. The number of rotatable bonds is 1. The molecule has 0 aromatic heterocycles. The van der Waals surface area contributed by atoms with Crippen LogP contribution >= 0.6 is 0 Å². The van der Waals surface area contributed by atoms with E-state index in [0.29, 0.717) is 11.8 Å². The Hall–Kier alpha value is -1.60. The molecule has 1 heteroatoms. The second-order valence-corrected chi connectivity index (χ2v) is 6.79. The first-order valence-corrected chi connectivity index (χ1v) is 8.05. The van der Waals surface area contributed by atoms with E-state index in [9.17, 15) is 5.11 Å². The minimum atomic E-state index is -0.648. The molecule has 2 aromatic carbocycles. The van der Waals surface area contributed by atoms with Crippen molar-refractivity contribution in [2.75, 3.05) is 0 Å². The monoisotopic (exact) mass is 278 g/mol. The summed E-state index contributed by atoms with van der Waals surface area (Å²) in [4.78, 5) is 0. The molecule has 0 saturated heterocycles. The van der Waals surface area contributed by atoms with Crippen LogP contribution in [0.4, 0.5) is 0 Å². The van der Waals surface area contributed by atoms with Gasteiger partial charge in [-0.05, 0) is 66.7 Å². The summed E-state index contributed by atoms with van der Waals surface area (Å²) >= 11 is 0. The van der Waals surface area contributed by atoms with Crippen molar-refractivity contribution in [3.05, 3.63) is 70.8 Å². The van der Waals surface area contributed by atoms with E-state index in [1.165, 1.54) is 16.7 Å². The van der Waals surface area contributed by atoms with E-state index in [1.807, 2.05) is 0 Å². The molecule has 2 bridgehead atoms. The summed E-state index contributed by atoms with van der Waals surface area (Å²) in [6.07, 6.45) is 4.31. The number of aryl methyl sites for hydroxylation is 1.